The van der Waals surface area contributed by atoms with Crippen LogP contribution in [0.4, 0.5) is 4.79 Å². The number of hydrogen-bond acceptors (Lipinski definition) is 8. The van der Waals surface area contributed by atoms with E-state index < -0.39 is 53.6 Å². The predicted molar refractivity (Wildman–Crippen MR) is 220 cm³/mol. The Balaban J connectivity index is 1.39. The number of para-hydroxylation sites is 1. The molecule has 0 aliphatic rings. The fraction of sp³-hybridized carbons (Fsp3) is 0.311. The highest BCUT2D eigenvalue weighted by Gasteiger charge is 2.32. The molecule has 0 fully saturated rings. The van der Waals surface area contributed by atoms with Gasteiger partial charge in [0.25, 0.3) is 0 Å². The van der Waals surface area contributed by atoms with Gasteiger partial charge < -0.3 is 45.3 Å². The van der Waals surface area contributed by atoms with Gasteiger partial charge in [0.1, 0.15) is 42.4 Å². The van der Waals surface area contributed by atoms with Gasteiger partial charge in [-0.25, -0.2) is 4.79 Å². The van der Waals surface area contributed by atoms with E-state index in [0.717, 1.165) is 27.6 Å². The highest BCUT2D eigenvalue weighted by Crippen LogP contribution is 2.20. The maximum atomic E-state index is 14.3. The van der Waals surface area contributed by atoms with E-state index in [9.17, 15) is 24.0 Å². The minimum atomic E-state index is -1.23. The van der Waals surface area contributed by atoms with Crippen LogP contribution in [0.2, 0.25) is 0 Å². The van der Waals surface area contributed by atoms with E-state index in [1.54, 1.807) is 51.2 Å². The van der Waals surface area contributed by atoms with Crippen LogP contribution in [0.1, 0.15) is 49.9 Å². The number of aromatic amines is 1. The number of rotatable bonds is 19. The van der Waals surface area contributed by atoms with Gasteiger partial charge >= 0.3 is 6.09 Å². The average molecular weight is 790 g/mol. The summed E-state index contributed by atoms with van der Waals surface area (Å²) in [5.41, 5.74) is 3.30. The van der Waals surface area contributed by atoms with Crippen LogP contribution in [0.3, 0.4) is 0 Å². The lowest BCUT2D eigenvalue weighted by atomic mass is 10.0. The number of hydrogen-bond donors (Lipinski definition) is 5. The van der Waals surface area contributed by atoms with Crippen LogP contribution in [0.25, 0.3) is 10.9 Å². The lowest BCUT2D eigenvalue weighted by molar-refractivity contribution is -0.134. The summed E-state index contributed by atoms with van der Waals surface area (Å²) in [5, 5.41) is 11.7. The number of carbonyl (C=O) groups excluding carboxylic acids is 5. The number of amides is 4. The van der Waals surface area contributed by atoms with Crippen molar-refractivity contribution < 1.29 is 38.2 Å². The zero-order chi connectivity index (χ0) is 41.5. The summed E-state index contributed by atoms with van der Waals surface area (Å²) in [6, 6.07) is 29.3. The lowest BCUT2D eigenvalue weighted by Gasteiger charge is -2.27. The van der Waals surface area contributed by atoms with Gasteiger partial charge in [0.15, 0.2) is 0 Å². The zero-order valence-electron chi connectivity index (χ0n) is 33.2. The molecule has 13 heteroatoms. The van der Waals surface area contributed by atoms with Crippen LogP contribution in [0, 0.1) is 0 Å². The van der Waals surface area contributed by atoms with Crippen LogP contribution in [0.15, 0.2) is 115 Å². The summed E-state index contributed by atoms with van der Waals surface area (Å²) < 4.78 is 17.3. The lowest BCUT2D eigenvalue weighted by Crippen LogP contribution is -2.59. The normalized spacial score (nSPS) is 13.3. The van der Waals surface area contributed by atoms with E-state index in [1.165, 1.54) is 6.92 Å². The first-order valence-electron chi connectivity index (χ1n) is 19.1. The van der Waals surface area contributed by atoms with E-state index >= 15 is 0 Å². The summed E-state index contributed by atoms with van der Waals surface area (Å²) in [6.07, 6.45) is 1.61. The molecule has 0 aliphatic heterocycles. The van der Waals surface area contributed by atoms with Gasteiger partial charge in [0, 0.05) is 29.9 Å². The van der Waals surface area contributed by atoms with E-state index in [0.29, 0.717) is 24.2 Å². The fourth-order valence-corrected chi connectivity index (χ4v) is 6.04. The Morgan fingerprint density at radius 3 is 1.86 bits per heavy atom. The molecular weight excluding hydrogens is 739 g/mol. The van der Waals surface area contributed by atoms with Crippen molar-refractivity contribution in [3.63, 3.8) is 0 Å². The molecule has 58 heavy (non-hydrogen) atoms. The third-order valence-corrected chi connectivity index (χ3v) is 8.95. The molecule has 4 aromatic carbocycles. The van der Waals surface area contributed by atoms with Gasteiger partial charge in [0.2, 0.25) is 17.7 Å². The topological polar surface area (TPSA) is 177 Å². The molecular formula is C45H51N5O8. The van der Waals surface area contributed by atoms with Gasteiger partial charge in [-0.3, -0.25) is 14.4 Å². The first kappa shape index (κ1) is 42.7. The van der Waals surface area contributed by atoms with Gasteiger partial charge in [-0.15, -0.1) is 0 Å². The first-order chi connectivity index (χ1) is 27.9. The SMILES string of the molecule is C[C@H](C=O)NC(=O)[C@H](COCc1ccccc1)NC(=O)[C@H](Cc1ccc(OCc2ccccc2)cc1)NC(=O)[C@H](Cc1c[nH]c2ccccc12)NC(=O)OC(C)(C)C. The Kier molecular flexibility index (Phi) is 15.2. The first-order valence-corrected chi connectivity index (χ1v) is 19.1. The second-order valence-electron chi connectivity index (χ2n) is 14.9. The van der Waals surface area contributed by atoms with E-state index in [4.69, 9.17) is 14.2 Å². The molecule has 0 spiro atoms. The van der Waals surface area contributed by atoms with Crippen LogP contribution in [-0.2, 0) is 54.7 Å². The van der Waals surface area contributed by atoms with E-state index in [-0.39, 0.29) is 26.1 Å². The minimum Gasteiger partial charge on any atom is -0.489 e. The molecule has 0 radical (unpaired) electrons. The maximum Gasteiger partial charge on any atom is 0.408 e. The molecule has 5 aromatic rings. The number of carbonyl (C=O) groups is 5. The second-order valence-corrected chi connectivity index (χ2v) is 14.9. The molecule has 13 nitrogen and oxygen atoms in total. The minimum absolute atomic E-state index is 0.00668. The Labute approximate surface area is 338 Å². The number of aldehydes is 1. The van der Waals surface area contributed by atoms with Crippen molar-refractivity contribution >= 4 is 41.0 Å². The van der Waals surface area contributed by atoms with E-state index in [2.05, 4.69) is 26.3 Å². The quantitative estimate of drug-likeness (QED) is 0.0699. The van der Waals surface area contributed by atoms with Crippen LogP contribution in [-0.4, -0.2) is 71.5 Å². The summed E-state index contributed by atoms with van der Waals surface area (Å²) in [6.45, 7) is 6.95. The van der Waals surface area contributed by atoms with Gasteiger partial charge in [-0.1, -0.05) is 91.0 Å². The summed E-state index contributed by atoms with van der Waals surface area (Å²) >= 11 is 0. The fourth-order valence-electron chi connectivity index (χ4n) is 6.04. The molecule has 5 rings (SSSR count). The zero-order valence-corrected chi connectivity index (χ0v) is 33.2. The molecule has 0 unspecified atom stereocenters. The van der Waals surface area contributed by atoms with Crippen molar-refractivity contribution in [1.82, 2.24) is 26.3 Å². The van der Waals surface area contributed by atoms with Crippen molar-refractivity contribution in [1.29, 1.82) is 0 Å². The summed E-state index contributed by atoms with van der Waals surface area (Å²) in [7, 11) is 0. The molecule has 4 atom stereocenters. The number of benzene rings is 4. The maximum absolute atomic E-state index is 14.3. The van der Waals surface area contributed by atoms with Crippen LogP contribution in [0.5, 0.6) is 5.75 Å². The van der Waals surface area contributed by atoms with Crippen molar-refractivity contribution in [3.05, 3.63) is 138 Å². The van der Waals surface area contributed by atoms with Crippen molar-refractivity contribution in [2.24, 2.45) is 0 Å². The van der Waals surface area contributed by atoms with Crippen LogP contribution < -0.4 is 26.0 Å². The Morgan fingerprint density at radius 2 is 1.22 bits per heavy atom. The highest BCUT2D eigenvalue weighted by molar-refractivity contribution is 5.95. The average Bonchev–Trinajstić information content (AvgIpc) is 3.62. The predicted octanol–water partition coefficient (Wildman–Crippen LogP) is 5.32. The molecule has 0 saturated heterocycles. The van der Waals surface area contributed by atoms with Crippen LogP contribution >= 0.6 is 0 Å². The van der Waals surface area contributed by atoms with E-state index in [1.807, 2.05) is 84.9 Å². The van der Waals surface area contributed by atoms with Gasteiger partial charge in [-0.2, -0.15) is 0 Å². The second kappa shape index (κ2) is 20.6. The third-order valence-electron chi connectivity index (χ3n) is 8.95. The number of fused-ring (bicyclic) bond motifs is 1. The van der Waals surface area contributed by atoms with Crippen molar-refractivity contribution in [3.8, 4) is 5.75 Å². The molecule has 4 amide bonds. The molecule has 0 aliphatic carbocycles. The van der Waals surface area contributed by atoms with Gasteiger partial charge in [-0.05, 0) is 68.1 Å². The number of aromatic nitrogens is 1. The molecule has 0 saturated carbocycles. The van der Waals surface area contributed by atoms with Crippen molar-refractivity contribution in [2.45, 2.75) is 83.5 Å². The molecule has 304 valence electrons. The number of nitrogens with one attached hydrogen (secondary N) is 5. The molecule has 5 N–H and O–H groups in total. The van der Waals surface area contributed by atoms with Crippen molar-refractivity contribution in [2.75, 3.05) is 6.61 Å². The largest absolute Gasteiger partial charge is 0.489 e. The molecule has 0 bridgehead atoms. The molecule has 1 heterocycles. The number of H-pyrrole nitrogens is 1. The smallest absolute Gasteiger partial charge is 0.408 e. The summed E-state index contributed by atoms with van der Waals surface area (Å²) in [5.74, 6) is -1.39. The Bertz CT molecular complexity index is 2120. The Hall–Kier alpha value is -6.47. The van der Waals surface area contributed by atoms with Gasteiger partial charge in [0.05, 0.1) is 19.3 Å². The molecule has 1 aromatic heterocycles. The third kappa shape index (κ3) is 13.3. The summed E-state index contributed by atoms with van der Waals surface area (Å²) in [4.78, 5) is 69.7. The monoisotopic (exact) mass is 789 g/mol. The number of ether oxygens (including phenoxy) is 3. The Morgan fingerprint density at radius 1 is 0.655 bits per heavy atom. The highest BCUT2D eigenvalue weighted by atomic mass is 16.6. The number of alkyl carbamates (subject to hydrolysis) is 1. The standard InChI is InChI=1S/C45H51N5O8/c1-30(26-51)47-43(54)40(29-56-27-32-13-7-5-8-14-32)49-41(52)38(23-31-19-21-35(22-20-31)57-28-33-15-9-6-10-16-33)48-42(53)39(50-44(55)58-45(2,3)4)24-34-25-46-37-18-12-11-17-36(34)37/h5-22,25-26,30,38-40,46H,23-24,27-29H2,1-4H3,(H,47,54)(H,48,53)(H,49,52)(H,50,55)/t30-,38+,39+,40+/m1/s1.